The third-order valence-electron chi connectivity index (χ3n) is 9.41. The smallest absolute Gasteiger partial charge is 0.237 e. The predicted octanol–water partition coefficient (Wildman–Crippen LogP) is 5.52. The summed E-state index contributed by atoms with van der Waals surface area (Å²) in [5.41, 5.74) is 5.10. The van der Waals surface area contributed by atoms with Crippen LogP contribution in [0.4, 0.5) is 5.82 Å². The molecule has 0 aliphatic carbocycles. The highest BCUT2D eigenvalue weighted by atomic mass is 32.1. The summed E-state index contributed by atoms with van der Waals surface area (Å²) in [6.45, 7) is 15.0. The molecule has 2 saturated heterocycles. The Morgan fingerprint density at radius 1 is 1.20 bits per heavy atom. The van der Waals surface area contributed by atoms with Crippen molar-refractivity contribution in [2.45, 2.75) is 96.9 Å². The molecule has 5 atom stereocenters. The molecule has 2 aromatic heterocycles. The van der Waals surface area contributed by atoms with Gasteiger partial charge in [-0.3, -0.25) is 9.69 Å². The Morgan fingerprint density at radius 3 is 2.61 bits per heavy atom. The SMILES string of the molecule is CCCCC(CC(c1cc(N2CCNCC2)no1)C(C)C)N1C[C@H](O)C[C@H]1C(=O)N[C@@H](C)c1ccc(-c2scnc2C)cc1. The molecule has 5 rings (SSSR count). The number of unbranched alkanes of at least 4 members (excludes halogenated alkanes) is 1. The van der Waals surface area contributed by atoms with Crippen LogP contribution in [0.3, 0.4) is 0 Å². The molecule has 0 bridgehead atoms. The van der Waals surface area contributed by atoms with E-state index in [1.54, 1.807) is 11.3 Å². The van der Waals surface area contributed by atoms with E-state index in [-0.39, 0.29) is 30.0 Å². The van der Waals surface area contributed by atoms with Gasteiger partial charge in [0.25, 0.3) is 0 Å². The summed E-state index contributed by atoms with van der Waals surface area (Å²) in [5.74, 6) is 2.33. The molecular weight excluding hydrogens is 572 g/mol. The van der Waals surface area contributed by atoms with Gasteiger partial charge in [0.15, 0.2) is 5.82 Å². The second-order valence-electron chi connectivity index (χ2n) is 12.9. The summed E-state index contributed by atoms with van der Waals surface area (Å²) in [6.07, 6.45) is 3.92. The van der Waals surface area contributed by atoms with Crippen LogP contribution in [-0.4, -0.2) is 77.0 Å². The van der Waals surface area contributed by atoms with Gasteiger partial charge in [-0.2, -0.15) is 0 Å². The Labute approximate surface area is 266 Å². The molecule has 44 heavy (non-hydrogen) atoms. The second kappa shape index (κ2) is 15.0. The van der Waals surface area contributed by atoms with Crippen molar-refractivity contribution in [2.24, 2.45) is 5.92 Å². The van der Waals surface area contributed by atoms with Crippen molar-refractivity contribution in [3.8, 4) is 10.4 Å². The first-order chi connectivity index (χ1) is 21.2. The molecule has 240 valence electrons. The number of likely N-dealkylation sites (tertiary alicyclic amines) is 1. The van der Waals surface area contributed by atoms with Gasteiger partial charge in [-0.1, -0.05) is 63.0 Å². The normalized spacial score (nSPS) is 21.5. The number of carbonyl (C=O) groups excluding carboxylic acids is 1. The van der Waals surface area contributed by atoms with Gasteiger partial charge in [-0.25, -0.2) is 4.98 Å². The number of anilines is 1. The fourth-order valence-corrected chi connectivity index (χ4v) is 7.57. The Bertz CT molecular complexity index is 1330. The lowest BCUT2D eigenvalue weighted by Gasteiger charge is -2.35. The molecule has 9 nitrogen and oxygen atoms in total. The molecule has 2 aliphatic heterocycles. The molecule has 0 saturated carbocycles. The second-order valence-corrected chi connectivity index (χ2v) is 13.8. The van der Waals surface area contributed by atoms with Gasteiger partial charge >= 0.3 is 0 Å². The van der Waals surface area contributed by atoms with Crippen molar-refractivity contribution in [1.29, 1.82) is 0 Å². The van der Waals surface area contributed by atoms with Gasteiger partial charge in [0.1, 0.15) is 5.76 Å². The van der Waals surface area contributed by atoms with Crippen LogP contribution in [0.15, 0.2) is 40.4 Å². The quantitative estimate of drug-likeness (QED) is 0.229. The van der Waals surface area contributed by atoms with Crippen molar-refractivity contribution < 1.29 is 14.4 Å². The first-order valence-corrected chi connectivity index (χ1v) is 17.3. The van der Waals surface area contributed by atoms with Gasteiger partial charge in [-0.15, -0.1) is 11.3 Å². The molecule has 2 unspecified atom stereocenters. The minimum Gasteiger partial charge on any atom is -0.392 e. The maximum atomic E-state index is 13.8. The Kier molecular flexibility index (Phi) is 11.1. The fourth-order valence-electron chi connectivity index (χ4n) is 6.76. The summed E-state index contributed by atoms with van der Waals surface area (Å²) in [7, 11) is 0. The summed E-state index contributed by atoms with van der Waals surface area (Å²) in [6, 6.07) is 10.1. The van der Waals surface area contributed by atoms with Gasteiger partial charge in [0.05, 0.1) is 34.3 Å². The van der Waals surface area contributed by atoms with Crippen molar-refractivity contribution in [1.82, 2.24) is 25.7 Å². The number of benzene rings is 1. The highest BCUT2D eigenvalue weighted by molar-refractivity contribution is 7.13. The lowest BCUT2D eigenvalue weighted by molar-refractivity contribution is -0.127. The van der Waals surface area contributed by atoms with E-state index in [2.05, 4.69) is 81.7 Å². The predicted molar refractivity (Wildman–Crippen MR) is 177 cm³/mol. The van der Waals surface area contributed by atoms with Crippen LogP contribution in [0, 0.1) is 12.8 Å². The van der Waals surface area contributed by atoms with Gasteiger partial charge in [-0.05, 0) is 50.2 Å². The Morgan fingerprint density at radius 2 is 1.95 bits per heavy atom. The number of β-amino-alcohol motifs (C(OH)–C–C–N with tert-alkyl or cyclic N) is 1. The number of aromatic nitrogens is 2. The first-order valence-electron chi connectivity index (χ1n) is 16.4. The topological polar surface area (TPSA) is 107 Å². The largest absolute Gasteiger partial charge is 0.392 e. The number of piperazine rings is 1. The summed E-state index contributed by atoms with van der Waals surface area (Å²) in [5, 5.41) is 22.0. The molecule has 2 aliphatic rings. The Balaban J connectivity index is 1.29. The van der Waals surface area contributed by atoms with E-state index < -0.39 is 6.10 Å². The van der Waals surface area contributed by atoms with Gasteiger partial charge in [0, 0.05) is 50.7 Å². The highest BCUT2D eigenvalue weighted by Crippen LogP contribution is 2.36. The molecule has 3 N–H and O–H groups in total. The number of aliphatic hydroxyl groups excluding tert-OH is 1. The van der Waals surface area contributed by atoms with E-state index in [0.29, 0.717) is 18.9 Å². The van der Waals surface area contributed by atoms with Crippen LogP contribution in [0.2, 0.25) is 0 Å². The molecule has 0 radical (unpaired) electrons. The number of hydrogen-bond donors (Lipinski definition) is 3. The molecule has 10 heteroatoms. The molecular formula is C34H50N6O3S. The van der Waals surface area contributed by atoms with Crippen molar-refractivity contribution in [2.75, 3.05) is 37.6 Å². The van der Waals surface area contributed by atoms with Crippen LogP contribution >= 0.6 is 11.3 Å². The third-order valence-corrected chi connectivity index (χ3v) is 10.4. The summed E-state index contributed by atoms with van der Waals surface area (Å²) < 4.78 is 5.98. The zero-order chi connectivity index (χ0) is 31.2. The van der Waals surface area contributed by atoms with E-state index in [1.165, 1.54) is 4.88 Å². The minimum atomic E-state index is -0.519. The monoisotopic (exact) mass is 622 g/mol. The summed E-state index contributed by atoms with van der Waals surface area (Å²) in [4.78, 5) is 23.9. The van der Waals surface area contributed by atoms with E-state index in [4.69, 9.17) is 4.52 Å². The molecule has 0 spiro atoms. The number of nitrogens with zero attached hydrogens (tertiary/aromatic N) is 4. The number of rotatable bonds is 13. The van der Waals surface area contributed by atoms with Crippen LogP contribution in [0.25, 0.3) is 10.4 Å². The standard InChI is InChI=1S/C34H50N6O3S/c1-6-7-8-27(17-29(22(2)3)31-19-32(38-43-31)39-15-13-35-14-16-39)40-20-28(41)18-30(40)34(42)37-23(4)25-9-11-26(12-10-25)33-24(5)36-21-44-33/h9-12,19,21-23,27-30,35,41H,6-8,13-18,20H2,1-5H3,(H,37,42)/t23-,27?,28+,29?,30-/m0/s1. The average Bonchev–Trinajstić information content (AvgIpc) is 3.78. The highest BCUT2D eigenvalue weighted by Gasteiger charge is 2.41. The van der Waals surface area contributed by atoms with Crippen LogP contribution < -0.4 is 15.5 Å². The lowest BCUT2D eigenvalue weighted by atomic mass is 9.85. The number of aryl methyl sites for hydroxylation is 1. The zero-order valence-electron chi connectivity index (χ0n) is 27.0. The van der Waals surface area contributed by atoms with Crippen LogP contribution in [0.1, 0.15) is 88.8 Å². The number of thiazole rings is 1. The third kappa shape index (κ3) is 7.70. The van der Waals surface area contributed by atoms with Gasteiger partial charge in [0.2, 0.25) is 5.91 Å². The fraction of sp³-hybridized carbons (Fsp3) is 0.618. The van der Waals surface area contributed by atoms with E-state index in [9.17, 15) is 9.90 Å². The Hall–Kier alpha value is -2.79. The summed E-state index contributed by atoms with van der Waals surface area (Å²) >= 11 is 1.64. The van der Waals surface area contributed by atoms with Crippen molar-refractivity contribution in [3.63, 3.8) is 0 Å². The number of hydrogen-bond acceptors (Lipinski definition) is 9. The first kappa shape index (κ1) is 32.6. The molecule has 1 amide bonds. The molecule has 4 heterocycles. The number of aliphatic hydroxyl groups is 1. The van der Waals surface area contributed by atoms with E-state index >= 15 is 0 Å². The van der Waals surface area contributed by atoms with E-state index in [0.717, 1.165) is 80.3 Å². The van der Waals surface area contributed by atoms with Gasteiger partial charge < -0.3 is 25.2 Å². The lowest BCUT2D eigenvalue weighted by Crippen LogP contribution is -2.48. The zero-order valence-corrected chi connectivity index (χ0v) is 27.8. The van der Waals surface area contributed by atoms with Crippen molar-refractivity contribution in [3.05, 3.63) is 52.9 Å². The molecule has 1 aromatic carbocycles. The number of amides is 1. The van der Waals surface area contributed by atoms with E-state index in [1.807, 2.05) is 19.4 Å². The average molecular weight is 623 g/mol. The maximum absolute atomic E-state index is 13.8. The number of carbonyl (C=O) groups is 1. The molecule has 2 fully saturated rings. The maximum Gasteiger partial charge on any atom is 0.237 e. The van der Waals surface area contributed by atoms with Crippen molar-refractivity contribution >= 4 is 23.1 Å². The molecule has 3 aromatic rings. The minimum absolute atomic E-state index is 0.0142. The number of nitrogens with one attached hydrogen (secondary N) is 2. The van der Waals surface area contributed by atoms with Crippen LogP contribution in [0.5, 0.6) is 0 Å². The van der Waals surface area contributed by atoms with Crippen LogP contribution in [-0.2, 0) is 4.79 Å².